The summed E-state index contributed by atoms with van der Waals surface area (Å²) < 4.78 is 0. The van der Waals surface area contributed by atoms with E-state index in [1.165, 1.54) is 0 Å². The van der Waals surface area contributed by atoms with Gasteiger partial charge in [0.2, 0.25) is 5.91 Å². The Balaban J connectivity index is 2.26. The molecule has 0 spiro atoms. The van der Waals surface area contributed by atoms with Crippen molar-refractivity contribution >= 4 is 11.9 Å². The van der Waals surface area contributed by atoms with Crippen LogP contribution in [0.1, 0.15) is 44.9 Å². The Hall–Kier alpha value is -1.10. The van der Waals surface area contributed by atoms with E-state index in [0.717, 1.165) is 32.1 Å². The third kappa shape index (κ3) is 5.17. The largest absolute Gasteiger partial charge is 0.481 e. The van der Waals surface area contributed by atoms with Crippen LogP contribution < -0.4 is 11.1 Å². The number of hydrogen-bond donors (Lipinski definition) is 3. The highest BCUT2D eigenvalue weighted by Crippen LogP contribution is 2.24. The van der Waals surface area contributed by atoms with Gasteiger partial charge in [0.1, 0.15) is 0 Å². The molecular weight excluding hydrogens is 220 g/mol. The zero-order valence-electron chi connectivity index (χ0n) is 10.2. The van der Waals surface area contributed by atoms with Crippen LogP contribution in [-0.2, 0) is 9.59 Å². The summed E-state index contributed by atoms with van der Waals surface area (Å²) in [6.45, 7) is 0.609. The Kier molecular flexibility index (Phi) is 5.97. The van der Waals surface area contributed by atoms with Crippen LogP contribution in [0.25, 0.3) is 0 Å². The maximum Gasteiger partial charge on any atom is 0.306 e. The number of carbonyl (C=O) groups excluding carboxylic acids is 1. The molecule has 0 aromatic rings. The maximum absolute atomic E-state index is 11.6. The van der Waals surface area contributed by atoms with E-state index in [-0.39, 0.29) is 17.9 Å². The van der Waals surface area contributed by atoms with Gasteiger partial charge >= 0.3 is 5.97 Å². The normalized spacial score (nSPS) is 24.3. The Labute approximate surface area is 102 Å². The molecule has 0 aromatic carbocycles. The fourth-order valence-electron chi connectivity index (χ4n) is 2.27. The summed E-state index contributed by atoms with van der Waals surface area (Å²) in [4.78, 5) is 22.4. The molecule has 1 amide bonds. The minimum atomic E-state index is -0.743. The lowest BCUT2D eigenvalue weighted by Crippen LogP contribution is -2.39. The molecular formula is C12H22N2O3. The van der Waals surface area contributed by atoms with Crippen LogP contribution in [0.3, 0.4) is 0 Å². The Morgan fingerprint density at radius 3 is 2.71 bits per heavy atom. The number of carboxylic acid groups (broad SMARTS) is 1. The summed E-state index contributed by atoms with van der Waals surface area (Å²) in [5.41, 5.74) is 5.35. The van der Waals surface area contributed by atoms with Crippen LogP contribution in [0.2, 0.25) is 0 Å². The monoisotopic (exact) mass is 242 g/mol. The van der Waals surface area contributed by atoms with Gasteiger partial charge in [0.15, 0.2) is 0 Å². The molecule has 1 aliphatic carbocycles. The topological polar surface area (TPSA) is 92.4 Å². The number of hydrogen-bond acceptors (Lipinski definition) is 3. The first-order chi connectivity index (χ1) is 8.13. The van der Waals surface area contributed by atoms with E-state index >= 15 is 0 Å². The van der Waals surface area contributed by atoms with Gasteiger partial charge in [-0.15, -0.1) is 0 Å². The van der Waals surface area contributed by atoms with E-state index in [2.05, 4.69) is 5.32 Å². The lowest BCUT2D eigenvalue weighted by Gasteiger charge is -2.27. The molecule has 0 bridgehead atoms. The third-order valence-corrected chi connectivity index (χ3v) is 3.25. The standard InChI is InChI=1S/C12H22N2O3/c13-7-2-1-6-11(15)14-10-5-3-4-9(8-10)12(16)17/h9-10H,1-8,13H2,(H,14,15)(H,16,17). The van der Waals surface area contributed by atoms with Gasteiger partial charge in [-0.05, 0) is 38.6 Å². The molecule has 1 rings (SSSR count). The molecule has 0 heterocycles. The van der Waals surface area contributed by atoms with Crippen LogP contribution in [0, 0.1) is 5.92 Å². The van der Waals surface area contributed by atoms with Gasteiger partial charge in [0.25, 0.3) is 0 Å². The van der Waals surface area contributed by atoms with Crippen molar-refractivity contribution < 1.29 is 14.7 Å². The molecule has 17 heavy (non-hydrogen) atoms. The van der Waals surface area contributed by atoms with Crippen LogP contribution in [-0.4, -0.2) is 29.6 Å². The highest BCUT2D eigenvalue weighted by atomic mass is 16.4. The molecule has 0 aromatic heterocycles. The van der Waals surface area contributed by atoms with E-state index in [0.29, 0.717) is 19.4 Å². The van der Waals surface area contributed by atoms with E-state index < -0.39 is 5.97 Å². The highest BCUT2D eigenvalue weighted by Gasteiger charge is 2.27. The first-order valence-electron chi connectivity index (χ1n) is 6.35. The summed E-state index contributed by atoms with van der Waals surface area (Å²) in [6, 6.07) is 0.0372. The third-order valence-electron chi connectivity index (χ3n) is 3.25. The fraction of sp³-hybridized carbons (Fsp3) is 0.833. The lowest BCUT2D eigenvalue weighted by atomic mass is 9.86. The van der Waals surface area contributed by atoms with Gasteiger partial charge in [-0.25, -0.2) is 0 Å². The van der Waals surface area contributed by atoms with Gasteiger partial charge in [0.05, 0.1) is 5.92 Å². The average molecular weight is 242 g/mol. The fourth-order valence-corrected chi connectivity index (χ4v) is 2.27. The van der Waals surface area contributed by atoms with Gasteiger partial charge in [-0.2, -0.15) is 0 Å². The van der Waals surface area contributed by atoms with Crippen molar-refractivity contribution in [2.75, 3.05) is 6.54 Å². The first-order valence-corrected chi connectivity index (χ1v) is 6.35. The molecule has 4 N–H and O–H groups in total. The molecule has 98 valence electrons. The molecule has 1 fully saturated rings. The minimum Gasteiger partial charge on any atom is -0.481 e. The number of carbonyl (C=O) groups is 2. The predicted octanol–water partition coefficient (Wildman–Crippen LogP) is 0.875. The van der Waals surface area contributed by atoms with Crippen LogP contribution >= 0.6 is 0 Å². The van der Waals surface area contributed by atoms with Crippen molar-refractivity contribution in [2.24, 2.45) is 11.7 Å². The number of nitrogens with one attached hydrogen (secondary N) is 1. The summed E-state index contributed by atoms with van der Waals surface area (Å²) in [5.74, 6) is -1.01. The van der Waals surface area contributed by atoms with Crippen molar-refractivity contribution in [1.82, 2.24) is 5.32 Å². The summed E-state index contributed by atoms with van der Waals surface area (Å²) in [6.07, 6.45) is 5.22. The number of amides is 1. The number of carboxylic acids is 1. The SMILES string of the molecule is NCCCCC(=O)NC1CCCC(C(=O)O)C1. The molecule has 5 nitrogen and oxygen atoms in total. The summed E-state index contributed by atoms with van der Waals surface area (Å²) >= 11 is 0. The zero-order valence-corrected chi connectivity index (χ0v) is 10.2. The van der Waals surface area contributed by atoms with E-state index in [9.17, 15) is 9.59 Å². The lowest BCUT2D eigenvalue weighted by molar-refractivity contribution is -0.143. The van der Waals surface area contributed by atoms with E-state index in [1.54, 1.807) is 0 Å². The number of rotatable bonds is 6. The van der Waals surface area contributed by atoms with Crippen molar-refractivity contribution in [3.8, 4) is 0 Å². The average Bonchev–Trinajstić information content (AvgIpc) is 2.29. The Bertz CT molecular complexity index is 268. The predicted molar refractivity (Wildman–Crippen MR) is 64.4 cm³/mol. The first kappa shape index (κ1) is 14.0. The van der Waals surface area contributed by atoms with Crippen LogP contribution in [0.15, 0.2) is 0 Å². The van der Waals surface area contributed by atoms with Crippen LogP contribution in [0.5, 0.6) is 0 Å². The molecule has 0 aliphatic heterocycles. The molecule has 1 saturated carbocycles. The summed E-state index contributed by atoms with van der Waals surface area (Å²) in [5, 5.41) is 11.9. The zero-order chi connectivity index (χ0) is 12.7. The van der Waals surface area contributed by atoms with Gasteiger partial charge < -0.3 is 16.2 Å². The molecule has 5 heteroatoms. The smallest absolute Gasteiger partial charge is 0.306 e. The van der Waals surface area contributed by atoms with Crippen molar-refractivity contribution in [3.63, 3.8) is 0 Å². The minimum absolute atomic E-state index is 0.0227. The second-order valence-corrected chi connectivity index (χ2v) is 4.71. The molecule has 2 atom stereocenters. The molecule has 0 radical (unpaired) electrons. The second kappa shape index (κ2) is 7.27. The quantitative estimate of drug-likeness (QED) is 0.603. The van der Waals surface area contributed by atoms with Gasteiger partial charge in [-0.1, -0.05) is 6.42 Å². The molecule has 1 aliphatic rings. The van der Waals surface area contributed by atoms with Crippen molar-refractivity contribution in [3.05, 3.63) is 0 Å². The Morgan fingerprint density at radius 2 is 2.06 bits per heavy atom. The maximum atomic E-state index is 11.6. The van der Waals surface area contributed by atoms with Gasteiger partial charge in [-0.3, -0.25) is 9.59 Å². The number of unbranched alkanes of at least 4 members (excludes halogenated alkanes) is 1. The number of nitrogens with two attached hydrogens (primary N) is 1. The number of aliphatic carboxylic acids is 1. The second-order valence-electron chi connectivity index (χ2n) is 4.71. The summed E-state index contributed by atoms with van der Waals surface area (Å²) in [7, 11) is 0. The van der Waals surface area contributed by atoms with E-state index in [4.69, 9.17) is 10.8 Å². The van der Waals surface area contributed by atoms with E-state index in [1.807, 2.05) is 0 Å². The van der Waals surface area contributed by atoms with Crippen molar-refractivity contribution in [1.29, 1.82) is 0 Å². The Morgan fingerprint density at radius 1 is 1.29 bits per heavy atom. The highest BCUT2D eigenvalue weighted by molar-refractivity contribution is 5.76. The van der Waals surface area contributed by atoms with Crippen LogP contribution in [0.4, 0.5) is 0 Å². The van der Waals surface area contributed by atoms with Crippen molar-refractivity contribution in [2.45, 2.75) is 51.0 Å². The molecule has 2 unspecified atom stereocenters. The van der Waals surface area contributed by atoms with Gasteiger partial charge in [0, 0.05) is 12.5 Å². The molecule has 0 saturated heterocycles.